The van der Waals surface area contributed by atoms with Crippen molar-refractivity contribution < 1.29 is 4.92 Å². The molecule has 60 valence electrons. The Morgan fingerprint density at radius 3 is 2.82 bits per heavy atom. The number of hydrogen-bond acceptors (Lipinski definition) is 3. The highest BCUT2D eigenvalue weighted by Crippen LogP contribution is 2.21. The second kappa shape index (κ2) is 2.38. The van der Waals surface area contributed by atoms with Crippen LogP contribution in [-0.4, -0.2) is 10.5 Å². The quantitative estimate of drug-likeness (QED) is 0.449. The van der Waals surface area contributed by atoms with Gasteiger partial charge in [0.15, 0.2) is 0 Å². The monoisotopic (exact) mass is 154 g/mol. The highest BCUT2D eigenvalue weighted by Gasteiger charge is 2.34. The summed E-state index contributed by atoms with van der Waals surface area (Å²) in [5.74, 6) is 0. The van der Waals surface area contributed by atoms with Crippen molar-refractivity contribution in [2.24, 2.45) is 5.73 Å². The molecule has 2 N–H and O–H groups in total. The van der Waals surface area contributed by atoms with Crippen molar-refractivity contribution >= 4 is 0 Å². The molecule has 0 bridgehead atoms. The van der Waals surface area contributed by atoms with Crippen LogP contribution in [-0.2, 0) is 0 Å². The SMILES string of the molecule is CC1([N+](=O)[O-])C=CC(N)=CC1. The lowest BCUT2D eigenvalue weighted by Crippen LogP contribution is -2.33. The van der Waals surface area contributed by atoms with E-state index in [1.165, 1.54) is 6.08 Å². The average Bonchev–Trinajstić information content (AvgIpc) is 1.95. The Morgan fingerprint density at radius 1 is 1.82 bits per heavy atom. The van der Waals surface area contributed by atoms with Gasteiger partial charge in [-0.1, -0.05) is 6.08 Å². The second-order valence-corrected chi connectivity index (χ2v) is 2.86. The molecule has 0 radical (unpaired) electrons. The van der Waals surface area contributed by atoms with E-state index in [9.17, 15) is 10.1 Å². The molecule has 1 unspecified atom stereocenters. The molecule has 0 heterocycles. The third kappa shape index (κ3) is 1.39. The Bertz CT molecular complexity index is 245. The van der Waals surface area contributed by atoms with Gasteiger partial charge in [0.25, 0.3) is 0 Å². The molecular weight excluding hydrogens is 144 g/mol. The van der Waals surface area contributed by atoms with Gasteiger partial charge in [0.2, 0.25) is 5.54 Å². The summed E-state index contributed by atoms with van der Waals surface area (Å²) in [5, 5.41) is 10.5. The molecule has 1 rings (SSSR count). The number of nitrogens with zero attached hydrogens (tertiary/aromatic N) is 1. The minimum Gasteiger partial charge on any atom is -0.399 e. The molecule has 0 aromatic rings. The summed E-state index contributed by atoms with van der Waals surface area (Å²) >= 11 is 0. The summed E-state index contributed by atoms with van der Waals surface area (Å²) in [6, 6.07) is 0. The van der Waals surface area contributed by atoms with Gasteiger partial charge in [0.05, 0.1) is 0 Å². The number of hydrogen-bond donors (Lipinski definition) is 1. The highest BCUT2D eigenvalue weighted by molar-refractivity contribution is 5.24. The van der Waals surface area contributed by atoms with Crippen molar-refractivity contribution in [3.63, 3.8) is 0 Å². The first-order chi connectivity index (χ1) is 5.04. The smallest absolute Gasteiger partial charge is 0.241 e. The third-order valence-corrected chi connectivity index (χ3v) is 1.80. The van der Waals surface area contributed by atoms with Crippen LogP contribution in [0, 0.1) is 10.1 Å². The molecule has 1 aliphatic rings. The summed E-state index contributed by atoms with van der Waals surface area (Å²) in [7, 11) is 0. The van der Waals surface area contributed by atoms with Crippen molar-refractivity contribution in [3.05, 3.63) is 34.0 Å². The van der Waals surface area contributed by atoms with Crippen LogP contribution < -0.4 is 5.73 Å². The van der Waals surface area contributed by atoms with E-state index in [1.807, 2.05) is 0 Å². The first kappa shape index (κ1) is 7.78. The van der Waals surface area contributed by atoms with Crippen LogP contribution in [0.4, 0.5) is 0 Å². The van der Waals surface area contributed by atoms with Crippen molar-refractivity contribution in [3.8, 4) is 0 Å². The van der Waals surface area contributed by atoms with Crippen molar-refractivity contribution in [1.29, 1.82) is 0 Å². The summed E-state index contributed by atoms with van der Waals surface area (Å²) in [6.45, 7) is 1.58. The summed E-state index contributed by atoms with van der Waals surface area (Å²) < 4.78 is 0. The van der Waals surface area contributed by atoms with Gasteiger partial charge >= 0.3 is 0 Å². The predicted octanol–water partition coefficient (Wildman–Crippen LogP) is 0.824. The Morgan fingerprint density at radius 2 is 2.45 bits per heavy atom. The van der Waals surface area contributed by atoms with E-state index in [-0.39, 0.29) is 4.92 Å². The Hall–Kier alpha value is -1.32. The van der Waals surface area contributed by atoms with Gasteiger partial charge in [0, 0.05) is 24.0 Å². The lowest BCUT2D eigenvalue weighted by Gasteiger charge is -2.17. The van der Waals surface area contributed by atoms with Gasteiger partial charge in [-0.25, -0.2) is 0 Å². The van der Waals surface area contributed by atoms with Crippen LogP contribution in [0.5, 0.6) is 0 Å². The van der Waals surface area contributed by atoms with E-state index < -0.39 is 5.54 Å². The van der Waals surface area contributed by atoms with E-state index >= 15 is 0 Å². The maximum atomic E-state index is 10.5. The first-order valence-corrected chi connectivity index (χ1v) is 3.34. The molecule has 0 saturated heterocycles. The van der Waals surface area contributed by atoms with E-state index in [4.69, 9.17) is 5.73 Å². The van der Waals surface area contributed by atoms with Gasteiger partial charge in [-0.05, 0) is 12.2 Å². The highest BCUT2D eigenvalue weighted by atomic mass is 16.6. The Balaban J connectivity index is 2.82. The van der Waals surface area contributed by atoms with Gasteiger partial charge < -0.3 is 5.73 Å². The molecule has 0 fully saturated rings. The van der Waals surface area contributed by atoms with Crippen molar-refractivity contribution in [1.82, 2.24) is 0 Å². The topological polar surface area (TPSA) is 69.2 Å². The van der Waals surface area contributed by atoms with E-state index in [1.54, 1.807) is 19.1 Å². The molecule has 0 aromatic heterocycles. The van der Waals surface area contributed by atoms with Crippen LogP contribution in [0.15, 0.2) is 23.9 Å². The van der Waals surface area contributed by atoms with Crippen LogP contribution >= 0.6 is 0 Å². The number of rotatable bonds is 1. The molecule has 0 aromatic carbocycles. The van der Waals surface area contributed by atoms with Crippen molar-refractivity contribution in [2.45, 2.75) is 18.9 Å². The third-order valence-electron chi connectivity index (χ3n) is 1.80. The minimum absolute atomic E-state index is 0.299. The molecule has 0 aliphatic heterocycles. The maximum absolute atomic E-state index is 10.5. The summed E-state index contributed by atoms with van der Waals surface area (Å²) in [6.07, 6.45) is 5.15. The molecule has 4 heteroatoms. The normalized spacial score (nSPS) is 29.7. The zero-order valence-corrected chi connectivity index (χ0v) is 6.28. The predicted molar refractivity (Wildman–Crippen MR) is 41.4 cm³/mol. The number of allylic oxidation sites excluding steroid dienone is 1. The molecule has 11 heavy (non-hydrogen) atoms. The van der Waals surface area contributed by atoms with Gasteiger partial charge in [0.1, 0.15) is 0 Å². The first-order valence-electron chi connectivity index (χ1n) is 3.34. The van der Waals surface area contributed by atoms with Gasteiger partial charge in [-0.2, -0.15) is 0 Å². The summed E-state index contributed by atoms with van der Waals surface area (Å²) in [4.78, 5) is 10.2. The zero-order valence-electron chi connectivity index (χ0n) is 6.28. The Labute approximate surface area is 64.5 Å². The van der Waals surface area contributed by atoms with Crippen LogP contribution in [0.1, 0.15) is 13.3 Å². The second-order valence-electron chi connectivity index (χ2n) is 2.86. The fourth-order valence-corrected chi connectivity index (χ4v) is 0.872. The zero-order chi connectivity index (χ0) is 8.48. The van der Waals surface area contributed by atoms with Crippen LogP contribution in [0.3, 0.4) is 0 Å². The molecule has 4 nitrogen and oxygen atoms in total. The molecule has 0 amide bonds. The number of nitro groups is 1. The largest absolute Gasteiger partial charge is 0.399 e. The lowest BCUT2D eigenvalue weighted by molar-refractivity contribution is -0.549. The number of nitrogens with two attached hydrogens (primary N) is 1. The molecule has 0 spiro atoms. The van der Waals surface area contributed by atoms with Crippen LogP contribution in [0.25, 0.3) is 0 Å². The molecule has 1 aliphatic carbocycles. The summed E-state index contributed by atoms with van der Waals surface area (Å²) in [5.41, 5.74) is 5.05. The molecular formula is C7H10N2O2. The fraction of sp³-hybridized carbons (Fsp3) is 0.429. The van der Waals surface area contributed by atoms with Gasteiger partial charge in [-0.3, -0.25) is 10.1 Å². The van der Waals surface area contributed by atoms with E-state index in [2.05, 4.69) is 0 Å². The van der Waals surface area contributed by atoms with Crippen molar-refractivity contribution in [2.75, 3.05) is 0 Å². The van der Waals surface area contributed by atoms with Crippen LogP contribution in [0.2, 0.25) is 0 Å². The fourth-order valence-electron chi connectivity index (χ4n) is 0.872. The van der Waals surface area contributed by atoms with Gasteiger partial charge in [-0.15, -0.1) is 0 Å². The standard InChI is InChI=1S/C7H10N2O2/c1-7(9(10)11)4-2-6(8)3-5-7/h2-4H,5,8H2,1H3. The maximum Gasteiger partial charge on any atom is 0.241 e. The lowest BCUT2D eigenvalue weighted by atomic mass is 9.94. The molecule has 0 saturated carbocycles. The van der Waals surface area contributed by atoms with E-state index in [0.717, 1.165) is 0 Å². The Kier molecular flexibility index (Phi) is 1.68. The minimum atomic E-state index is -0.955. The average molecular weight is 154 g/mol. The van der Waals surface area contributed by atoms with E-state index in [0.29, 0.717) is 12.1 Å². The molecule has 1 atom stereocenters.